The summed E-state index contributed by atoms with van der Waals surface area (Å²) >= 11 is 0. The van der Waals surface area contributed by atoms with Crippen LogP contribution in [0.15, 0.2) is 34.9 Å². The van der Waals surface area contributed by atoms with Crippen LogP contribution in [0.4, 0.5) is 0 Å². The Morgan fingerprint density at radius 3 is 2.76 bits per heavy atom. The van der Waals surface area contributed by atoms with E-state index in [4.69, 9.17) is 4.52 Å². The molecular formula is C17H23N3O. The summed E-state index contributed by atoms with van der Waals surface area (Å²) < 4.78 is 5.52. The molecule has 1 fully saturated rings. The lowest BCUT2D eigenvalue weighted by atomic mass is 9.84. The standard InChI is InChI=1S/C17H23N3O/c1-18-15-10-6-5-9-14(15)17-19-16(20-21-17)12-11-13-7-3-2-4-8-13/h2-4,7-8,14-15,18H,5-6,9-12H2,1H3. The average molecular weight is 285 g/mol. The molecule has 1 aromatic carbocycles. The summed E-state index contributed by atoms with van der Waals surface area (Å²) in [6, 6.07) is 10.9. The van der Waals surface area contributed by atoms with Crippen LogP contribution >= 0.6 is 0 Å². The van der Waals surface area contributed by atoms with Gasteiger partial charge in [-0.1, -0.05) is 48.3 Å². The number of rotatable bonds is 5. The molecule has 2 atom stereocenters. The van der Waals surface area contributed by atoms with E-state index in [-0.39, 0.29) is 0 Å². The normalized spacial score (nSPS) is 22.3. The molecule has 1 saturated carbocycles. The Hall–Kier alpha value is -1.68. The fourth-order valence-corrected chi connectivity index (χ4v) is 3.19. The highest BCUT2D eigenvalue weighted by Gasteiger charge is 2.29. The van der Waals surface area contributed by atoms with Gasteiger partial charge in [0.15, 0.2) is 5.82 Å². The monoisotopic (exact) mass is 285 g/mol. The predicted octanol–water partition coefficient (Wildman–Crippen LogP) is 3.10. The van der Waals surface area contributed by atoms with Crippen LogP contribution in [-0.4, -0.2) is 23.2 Å². The Kier molecular flexibility index (Phi) is 4.65. The number of nitrogens with zero attached hydrogens (tertiary/aromatic N) is 2. The average Bonchev–Trinajstić information content (AvgIpc) is 3.02. The highest BCUT2D eigenvalue weighted by molar-refractivity contribution is 5.15. The Labute approximate surface area is 126 Å². The van der Waals surface area contributed by atoms with Crippen molar-refractivity contribution in [3.63, 3.8) is 0 Å². The van der Waals surface area contributed by atoms with E-state index >= 15 is 0 Å². The second kappa shape index (κ2) is 6.85. The minimum atomic E-state index is 0.377. The Balaban J connectivity index is 1.63. The zero-order valence-corrected chi connectivity index (χ0v) is 12.6. The fraction of sp³-hybridized carbons (Fsp3) is 0.529. The number of nitrogens with one attached hydrogen (secondary N) is 1. The van der Waals surface area contributed by atoms with Crippen LogP contribution in [0.25, 0.3) is 0 Å². The molecule has 0 spiro atoms. The zero-order valence-electron chi connectivity index (χ0n) is 12.6. The van der Waals surface area contributed by atoms with Crippen molar-refractivity contribution < 1.29 is 4.52 Å². The van der Waals surface area contributed by atoms with E-state index in [9.17, 15) is 0 Å². The van der Waals surface area contributed by atoms with Crippen molar-refractivity contribution >= 4 is 0 Å². The van der Waals surface area contributed by atoms with Gasteiger partial charge in [0.05, 0.1) is 5.92 Å². The lowest BCUT2D eigenvalue weighted by molar-refractivity contribution is 0.269. The van der Waals surface area contributed by atoms with Crippen molar-refractivity contribution in [2.45, 2.75) is 50.5 Å². The lowest BCUT2D eigenvalue weighted by Gasteiger charge is -2.28. The highest BCUT2D eigenvalue weighted by Crippen LogP contribution is 2.32. The molecule has 1 heterocycles. The number of likely N-dealkylation sites (N-methyl/N-ethyl adjacent to an activating group) is 1. The zero-order chi connectivity index (χ0) is 14.5. The molecule has 0 aliphatic heterocycles. The topological polar surface area (TPSA) is 51.0 Å². The van der Waals surface area contributed by atoms with Gasteiger partial charge in [-0.3, -0.25) is 0 Å². The van der Waals surface area contributed by atoms with Crippen LogP contribution in [-0.2, 0) is 12.8 Å². The molecule has 1 aliphatic rings. The first-order valence-electron chi connectivity index (χ1n) is 7.90. The molecular weight excluding hydrogens is 262 g/mol. The Morgan fingerprint density at radius 1 is 1.14 bits per heavy atom. The molecule has 0 saturated heterocycles. The Morgan fingerprint density at radius 2 is 1.95 bits per heavy atom. The molecule has 0 amide bonds. The van der Waals surface area contributed by atoms with Gasteiger partial charge in [0, 0.05) is 12.5 Å². The maximum atomic E-state index is 5.52. The number of hydrogen-bond acceptors (Lipinski definition) is 4. The van der Waals surface area contributed by atoms with Crippen LogP contribution in [0.5, 0.6) is 0 Å². The van der Waals surface area contributed by atoms with E-state index in [1.54, 1.807) is 0 Å². The number of aromatic nitrogens is 2. The quantitative estimate of drug-likeness (QED) is 0.917. The maximum absolute atomic E-state index is 5.52. The first-order valence-corrected chi connectivity index (χ1v) is 7.90. The predicted molar refractivity (Wildman–Crippen MR) is 82.2 cm³/mol. The van der Waals surface area contributed by atoms with Crippen LogP contribution in [0.2, 0.25) is 0 Å². The van der Waals surface area contributed by atoms with Crippen molar-refractivity contribution in [3.8, 4) is 0 Å². The van der Waals surface area contributed by atoms with Gasteiger partial charge in [-0.05, 0) is 31.9 Å². The third-order valence-corrected chi connectivity index (χ3v) is 4.42. The van der Waals surface area contributed by atoms with E-state index in [2.05, 4.69) is 39.7 Å². The maximum Gasteiger partial charge on any atom is 0.231 e. The SMILES string of the molecule is CNC1CCCCC1c1nc(CCc2ccccc2)no1. The van der Waals surface area contributed by atoms with Crippen molar-refractivity contribution in [1.82, 2.24) is 15.5 Å². The van der Waals surface area contributed by atoms with Crippen LogP contribution in [0, 0.1) is 0 Å². The molecule has 1 aromatic heterocycles. The summed E-state index contributed by atoms with van der Waals surface area (Å²) in [5.41, 5.74) is 1.31. The third kappa shape index (κ3) is 3.50. The lowest BCUT2D eigenvalue weighted by Crippen LogP contribution is -2.34. The van der Waals surface area contributed by atoms with Gasteiger partial charge in [0.25, 0.3) is 0 Å². The first kappa shape index (κ1) is 14.3. The Bertz CT molecular complexity index is 552. The molecule has 1 N–H and O–H groups in total. The van der Waals surface area contributed by atoms with E-state index in [0.29, 0.717) is 12.0 Å². The minimum Gasteiger partial charge on any atom is -0.339 e. The summed E-state index contributed by atoms with van der Waals surface area (Å²) in [5, 5.41) is 7.55. The fourth-order valence-electron chi connectivity index (χ4n) is 3.19. The molecule has 0 radical (unpaired) electrons. The number of aryl methyl sites for hydroxylation is 2. The van der Waals surface area contributed by atoms with Crippen molar-refractivity contribution in [1.29, 1.82) is 0 Å². The van der Waals surface area contributed by atoms with Crippen molar-refractivity contribution in [2.24, 2.45) is 0 Å². The van der Waals surface area contributed by atoms with E-state index in [1.165, 1.54) is 24.8 Å². The van der Waals surface area contributed by atoms with Crippen molar-refractivity contribution in [2.75, 3.05) is 7.05 Å². The molecule has 1 aliphatic carbocycles. The highest BCUT2D eigenvalue weighted by atomic mass is 16.5. The molecule has 4 nitrogen and oxygen atoms in total. The number of benzene rings is 1. The van der Waals surface area contributed by atoms with Crippen LogP contribution in [0.3, 0.4) is 0 Å². The van der Waals surface area contributed by atoms with Gasteiger partial charge in [0.2, 0.25) is 5.89 Å². The molecule has 3 rings (SSSR count). The summed E-state index contributed by atoms with van der Waals surface area (Å²) in [7, 11) is 2.02. The van der Waals surface area contributed by atoms with E-state index < -0.39 is 0 Å². The first-order chi connectivity index (χ1) is 10.4. The second-order valence-corrected chi connectivity index (χ2v) is 5.82. The van der Waals surface area contributed by atoms with Gasteiger partial charge < -0.3 is 9.84 Å². The number of hydrogen-bond donors (Lipinski definition) is 1. The van der Waals surface area contributed by atoms with Gasteiger partial charge in [0.1, 0.15) is 0 Å². The minimum absolute atomic E-state index is 0.377. The summed E-state index contributed by atoms with van der Waals surface area (Å²) in [6.45, 7) is 0. The summed E-state index contributed by atoms with van der Waals surface area (Å²) in [5.74, 6) is 2.02. The molecule has 112 valence electrons. The molecule has 0 bridgehead atoms. The third-order valence-electron chi connectivity index (χ3n) is 4.42. The van der Waals surface area contributed by atoms with Gasteiger partial charge in [-0.2, -0.15) is 4.98 Å². The molecule has 4 heteroatoms. The van der Waals surface area contributed by atoms with Crippen LogP contribution in [0.1, 0.15) is 48.9 Å². The largest absolute Gasteiger partial charge is 0.339 e. The molecule has 2 aromatic rings. The molecule has 2 unspecified atom stereocenters. The van der Waals surface area contributed by atoms with Gasteiger partial charge in [-0.25, -0.2) is 0 Å². The second-order valence-electron chi connectivity index (χ2n) is 5.82. The van der Waals surface area contributed by atoms with Crippen LogP contribution < -0.4 is 5.32 Å². The summed E-state index contributed by atoms with van der Waals surface area (Å²) in [4.78, 5) is 4.63. The van der Waals surface area contributed by atoms with Gasteiger partial charge >= 0.3 is 0 Å². The van der Waals surface area contributed by atoms with E-state index in [0.717, 1.165) is 31.0 Å². The van der Waals surface area contributed by atoms with E-state index in [1.807, 2.05) is 13.1 Å². The summed E-state index contributed by atoms with van der Waals surface area (Å²) in [6.07, 6.45) is 6.68. The van der Waals surface area contributed by atoms with Gasteiger partial charge in [-0.15, -0.1) is 0 Å². The van der Waals surface area contributed by atoms with Crippen molar-refractivity contribution in [3.05, 3.63) is 47.6 Å². The molecule has 21 heavy (non-hydrogen) atoms. The smallest absolute Gasteiger partial charge is 0.231 e.